The first-order chi connectivity index (χ1) is 8.20. The normalized spacial score (nSPS) is 9.94. The fourth-order valence-corrected chi connectivity index (χ4v) is 1.69. The number of aromatic nitrogens is 1. The lowest BCUT2D eigenvalue weighted by atomic mass is 10.0. The van der Waals surface area contributed by atoms with Gasteiger partial charge in [-0.3, -0.25) is 4.98 Å². The van der Waals surface area contributed by atoms with E-state index in [4.69, 9.17) is 5.26 Å². The van der Waals surface area contributed by atoms with E-state index in [9.17, 15) is 0 Å². The number of hydrogen-bond donors (Lipinski definition) is 0. The molecule has 2 aromatic rings. The Kier molecular flexibility index (Phi) is 3.20. The number of nitriles is 1. The average Bonchev–Trinajstić information content (AvgIpc) is 2.34. The van der Waals surface area contributed by atoms with Gasteiger partial charge in [-0.05, 0) is 42.7 Å². The molecule has 0 N–H and O–H groups in total. The largest absolute Gasteiger partial charge is 0.256 e. The van der Waals surface area contributed by atoms with Crippen molar-refractivity contribution >= 4 is 0 Å². The highest BCUT2D eigenvalue weighted by atomic mass is 14.7. The summed E-state index contributed by atoms with van der Waals surface area (Å²) in [4.78, 5) is 4.39. The number of aryl methyl sites for hydroxylation is 2. The van der Waals surface area contributed by atoms with Gasteiger partial charge in [-0.1, -0.05) is 18.2 Å². The van der Waals surface area contributed by atoms with Crippen molar-refractivity contribution in [2.75, 3.05) is 0 Å². The van der Waals surface area contributed by atoms with E-state index in [2.05, 4.69) is 43.1 Å². The molecule has 0 bridgehead atoms. The van der Waals surface area contributed by atoms with Gasteiger partial charge in [0.1, 0.15) is 0 Å². The number of pyridine rings is 1. The van der Waals surface area contributed by atoms with Gasteiger partial charge in [0, 0.05) is 11.8 Å². The second kappa shape index (κ2) is 4.80. The minimum absolute atomic E-state index is 0.417. The molecular weight excluding hydrogens is 208 g/mol. The molecular formula is C15H14N2. The highest BCUT2D eigenvalue weighted by Gasteiger charge is 2.01. The topological polar surface area (TPSA) is 36.7 Å². The third-order valence-electron chi connectivity index (χ3n) is 2.91. The van der Waals surface area contributed by atoms with Crippen LogP contribution in [0.1, 0.15) is 16.7 Å². The predicted octanol–water partition coefficient (Wildman–Crippen LogP) is 3.43. The van der Waals surface area contributed by atoms with Gasteiger partial charge in [-0.25, -0.2) is 0 Å². The van der Waals surface area contributed by atoms with Gasteiger partial charge in [-0.2, -0.15) is 5.26 Å². The first-order valence-corrected chi connectivity index (χ1v) is 5.60. The molecule has 2 nitrogen and oxygen atoms in total. The molecule has 0 saturated heterocycles. The molecule has 0 fully saturated rings. The molecule has 0 unspecified atom stereocenters. The Morgan fingerprint density at radius 1 is 1.12 bits per heavy atom. The summed E-state index contributed by atoms with van der Waals surface area (Å²) in [5, 5.41) is 8.60. The summed E-state index contributed by atoms with van der Waals surface area (Å²) in [6.45, 7) is 4.20. The maximum atomic E-state index is 8.60. The summed E-state index contributed by atoms with van der Waals surface area (Å²) >= 11 is 0. The van der Waals surface area contributed by atoms with Crippen molar-refractivity contribution in [2.45, 2.75) is 20.3 Å². The van der Waals surface area contributed by atoms with Crippen LogP contribution < -0.4 is 0 Å². The van der Waals surface area contributed by atoms with Crippen molar-refractivity contribution in [2.24, 2.45) is 0 Å². The lowest BCUT2D eigenvalue weighted by molar-refractivity contribution is 1.19. The van der Waals surface area contributed by atoms with Crippen LogP contribution in [0.25, 0.3) is 11.3 Å². The molecule has 17 heavy (non-hydrogen) atoms. The Morgan fingerprint density at radius 2 is 1.94 bits per heavy atom. The number of rotatable bonds is 2. The Bertz CT molecular complexity index is 562. The van der Waals surface area contributed by atoms with Gasteiger partial charge < -0.3 is 0 Å². The van der Waals surface area contributed by atoms with Crippen LogP contribution in [0.5, 0.6) is 0 Å². The molecule has 0 spiro atoms. The monoisotopic (exact) mass is 222 g/mol. The van der Waals surface area contributed by atoms with Gasteiger partial charge in [0.05, 0.1) is 18.2 Å². The van der Waals surface area contributed by atoms with E-state index in [0.717, 1.165) is 16.8 Å². The zero-order valence-corrected chi connectivity index (χ0v) is 10.1. The minimum Gasteiger partial charge on any atom is -0.256 e. The quantitative estimate of drug-likeness (QED) is 0.780. The van der Waals surface area contributed by atoms with Crippen molar-refractivity contribution in [3.63, 3.8) is 0 Å². The molecule has 0 aliphatic rings. The summed E-state index contributed by atoms with van der Waals surface area (Å²) in [7, 11) is 0. The van der Waals surface area contributed by atoms with Crippen molar-refractivity contribution < 1.29 is 0 Å². The molecule has 0 atom stereocenters. The molecule has 1 aromatic carbocycles. The molecule has 1 heterocycles. The first-order valence-electron chi connectivity index (χ1n) is 5.60. The van der Waals surface area contributed by atoms with Crippen molar-refractivity contribution in [1.82, 2.24) is 4.98 Å². The number of hydrogen-bond acceptors (Lipinski definition) is 2. The summed E-state index contributed by atoms with van der Waals surface area (Å²) in [6.07, 6.45) is 2.19. The third-order valence-corrected chi connectivity index (χ3v) is 2.91. The highest BCUT2D eigenvalue weighted by molar-refractivity contribution is 5.60. The minimum atomic E-state index is 0.417. The van der Waals surface area contributed by atoms with E-state index in [1.54, 1.807) is 6.20 Å². The van der Waals surface area contributed by atoms with Crippen molar-refractivity contribution in [1.29, 1.82) is 5.26 Å². The highest BCUT2D eigenvalue weighted by Crippen LogP contribution is 2.20. The average molecular weight is 222 g/mol. The lowest BCUT2D eigenvalue weighted by Gasteiger charge is -2.05. The van der Waals surface area contributed by atoms with Crippen LogP contribution in [0.3, 0.4) is 0 Å². The van der Waals surface area contributed by atoms with Gasteiger partial charge in [0.15, 0.2) is 0 Å². The van der Waals surface area contributed by atoms with Crippen LogP contribution in [0.2, 0.25) is 0 Å². The van der Waals surface area contributed by atoms with Gasteiger partial charge in [0.25, 0.3) is 0 Å². The van der Waals surface area contributed by atoms with Gasteiger partial charge in [-0.15, -0.1) is 0 Å². The predicted molar refractivity (Wildman–Crippen MR) is 68.5 cm³/mol. The van der Waals surface area contributed by atoms with E-state index in [1.165, 1.54) is 11.1 Å². The maximum Gasteiger partial charge on any atom is 0.0702 e. The summed E-state index contributed by atoms with van der Waals surface area (Å²) in [5.74, 6) is 0. The van der Waals surface area contributed by atoms with E-state index >= 15 is 0 Å². The number of benzene rings is 1. The Labute approximate surface area is 102 Å². The van der Waals surface area contributed by atoms with Crippen LogP contribution in [0.4, 0.5) is 0 Å². The van der Waals surface area contributed by atoms with Crippen LogP contribution in [-0.4, -0.2) is 4.98 Å². The molecule has 0 aliphatic carbocycles. The van der Waals surface area contributed by atoms with E-state index in [0.29, 0.717) is 6.42 Å². The SMILES string of the molecule is Cc1ccc(-c2ccc(CC#N)cn2)cc1C. The second-order valence-electron chi connectivity index (χ2n) is 4.19. The summed E-state index contributed by atoms with van der Waals surface area (Å²) in [5.41, 5.74) is 5.59. The third kappa shape index (κ3) is 2.51. The molecule has 2 heteroatoms. The standard InChI is InChI=1S/C15H14N2/c1-11-3-5-14(9-12(11)2)15-6-4-13(7-8-16)10-17-15/h3-6,9-10H,7H2,1-2H3. The summed E-state index contributed by atoms with van der Waals surface area (Å²) in [6, 6.07) is 12.4. The van der Waals surface area contributed by atoms with Gasteiger partial charge in [0.2, 0.25) is 0 Å². The molecule has 0 radical (unpaired) electrons. The Hall–Kier alpha value is -2.14. The zero-order chi connectivity index (χ0) is 12.3. The second-order valence-corrected chi connectivity index (χ2v) is 4.19. The molecule has 1 aromatic heterocycles. The van der Waals surface area contributed by atoms with Crippen LogP contribution in [0, 0.1) is 25.2 Å². The molecule has 84 valence electrons. The van der Waals surface area contributed by atoms with Gasteiger partial charge >= 0.3 is 0 Å². The summed E-state index contributed by atoms with van der Waals surface area (Å²) < 4.78 is 0. The van der Waals surface area contributed by atoms with Crippen molar-refractivity contribution in [3.05, 3.63) is 53.2 Å². The van der Waals surface area contributed by atoms with Crippen LogP contribution in [-0.2, 0) is 6.42 Å². The Morgan fingerprint density at radius 3 is 2.53 bits per heavy atom. The molecule has 0 saturated carbocycles. The Balaban J connectivity index is 2.33. The fraction of sp³-hybridized carbons (Fsp3) is 0.200. The maximum absolute atomic E-state index is 8.60. The van der Waals surface area contributed by atoms with E-state index in [1.807, 2.05) is 12.1 Å². The zero-order valence-electron chi connectivity index (χ0n) is 10.1. The molecule has 0 aliphatic heterocycles. The molecule has 2 rings (SSSR count). The van der Waals surface area contributed by atoms with E-state index in [-0.39, 0.29) is 0 Å². The smallest absolute Gasteiger partial charge is 0.0702 e. The van der Waals surface area contributed by atoms with E-state index < -0.39 is 0 Å². The van der Waals surface area contributed by atoms with Crippen molar-refractivity contribution in [3.8, 4) is 17.3 Å². The molecule has 0 amide bonds. The first kappa shape index (κ1) is 11.3. The lowest BCUT2D eigenvalue weighted by Crippen LogP contribution is -1.89. The number of nitrogens with zero attached hydrogens (tertiary/aromatic N) is 2. The van der Waals surface area contributed by atoms with Crippen LogP contribution >= 0.6 is 0 Å². The fourth-order valence-electron chi connectivity index (χ4n) is 1.69. The van der Waals surface area contributed by atoms with Crippen LogP contribution in [0.15, 0.2) is 36.5 Å².